The number of piperidine rings is 1. The molecule has 1 unspecified atom stereocenters. The highest BCUT2D eigenvalue weighted by molar-refractivity contribution is 6.54. The van der Waals surface area contributed by atoms with Gasteiger partial charge in [-0.1, -0.05) is 36.8 Å². The third-order valence-electron chi connectivity index (χ3n) is 6.02. The van der Waals surface area contributed by atoms with Gasteiger partial charge in [0.1, 0.15) is 11.5 Å². The Morgan fingerprint density at radius 1 is 1.28 bits per heavy atom. The second-order valence-electron chi connectivity index (χ2n) is 8.94. The molecular weight excluding hydrogens is 481 g/mol. The van der Waals surface area contributed by atoms with Crippen LogP contribution in [0.5, 0.6) is 0 Å². The van der Waals surface area contributed by atoms with Gasteiger partial charge in [-0.2, -0.15) is 13.2 Å². The number of rotatable bonds is 7. The summed E-state index contributed by atoms with van der Waals surface area (Å²) in [4.78, 5) is 18.1. The van der Waals surface area contributed by atoms with Crippen molar-refractivity contribution in [3.63, 3.8) is 0 Å². The Morgan fingerprint density at radius 3 is 2.58 bits per heavy atom. The van der Waals surface area contributed by atoms with Crippen LogP contribution in [0, 0.1) is 18.3 Å². The van der Waals surface area contributed by atoms with Crippen molar-refractivity contribution in [1.82, 2.24) is 15.2 Å². The molecule has 11 heteroatoms. The van der Waals surface area contributed by atoms with Crippen molar-refractivity contribution in [2.75, 3.05) is 25.5 Å². The summed E-state index contributed by atoms with van der Waals surface area (Å²) in [6.45, 7) is 2.54. The zero-order valence-corrected chi connectivity index (χ0v) is 20.1. The van der Waals surface area contributed by atoms with Crippen LogP contribution in [0.25, 0.3) is 5.57 Å². The smallest absolute Gasteiger partial charge is 0.393 e. The second-order valence-corrected chi connectivity index (χ2v) is 8.94. The summed E-state index contributed by atoms with van der Waals surface area (Å²) in [5.41, 5.74) is 0.382. The largest absolute Gasteiger partial charge is 0.417 e. The predicted molar refractivity (Wildman–Crippen MR) is 128 cm³/mol. The molecule has 1 fully saturated rings. The van der Waals surface area contributed by atoms with Gasteiger partial charge in [0.2, 0.25) is 0 Å². The molecule has 1 amide bonds. The van der Waals surface area contributed by atoms with Crippen molar-refractivity contribution in [2.45, 2.75) is 38.4 Å². The number of carbonyl (C=O) groups excluding carboxylic acids is 1. The van der Waals surface area contributed by atoms with E-state index in [1.165, 1.54) is 6.20 Å². The Balaban J connectivity index is 1.84. The second kappa shape index (κ2) is 10.6. The van der Waals surface area contributed by atoms with Crippen LogP contribution in [0.4, 0.5) is 27.8 Å². The Labute approximate surface area is 206 Å². The molecule has 0 saturated carbocycles. The van der Waals surface area contributed by atoms with Gasteiger partial charge in [0, 0.05) is 38.0 Å². The van der Waals surface area contributed by atoms with Crippen LogP contribution < -0.4 is 10.6 Å². The summed E-state index contributed by atoms with van der Waals surface area (Å²) < 4.78 is 67.4. The lowest BCUT2D eigenvalue weighted by molar-refractivity contribution is -0.145. The van der Waals surface area contributed by atoms with Crippen LogP contribution in [0.3, 0.4) is 0 Å². The number of alkyl halides is 5. The summed E-state index contributed by atoms with van der Waals surface area (Å²) in [5.74, 6) is -4.54. The molecule has 0 spiro atoms. The molecule has 1 aromatic carbocycles. The molecule has 0 bridgehead atoms. The third-order valence-corrected chi connectivity index (χ3v) is 6.02. The van der Waals surface area contributed by atoms with Crippen LogP contribution >= 0.6 is 0 Å². The number of anilines is 1. The van der Waals surface area contributed by atoms with Crippen molar-refractivity contribution in [2.24, 2.45) is 5.92 Å². The minimum atomic E-state index is -4.53. The van der Waals surface area contributed by atoms with Gasteiger partial charge in [0.15, 0.2) is 0 Å². The quantitative estimate of drug-likeness (QED) is 0.364. The zero-order chi connectivity index (χ0) is 26.7. The van der Waals surface area contributed by atoms with Crippen molar-refractivity contribution in [3.05, 3.63) is 65.5 Å². The molecule has 1 saturated heterocycles. The number of hydrogen-bond acceptors (Lipinski definition) is 5. The summed E-state index contributed by atoms with van der Waals surface area (Å²) in [6, 6.07) is 8.40. The maximum atomic E-state index is 14.5. The molecule has 3 rings (SSSR count). The fourth-order valence-electron chi connectivity index (χ4n) is 4.27. The number of pyridine rings is 1. The van der Waals surface area contributed by atoms with Crippen molar-refractivity contribution < 1.29 is 26.7 Å². The summed E-state index contributed by atoms with van der Waals surface area (Å²) >= 11 is 0. The number of aromatic nitrogens is 1. The molecule has 3 N–H and O–H groups in total. The number of halogens is 5. The number of amides is 1. The Morgan fingerprint density at radius 2 is 2.00 bits per heavy atom. The van der Waals surface area contributed by atoms with Crippen molar-refractivity contribution in [1.29, 1.82) is 5.41 Å². The average Bonchev–Trinajstić information content (AvgIpc) is 2.80. The van der Waals surface area contributed by atoms with E-state index >= 15 is 0 Å². The average molecular weight is 510 g/mol. The van der Waals surface area contributed by atoms with Gasteiger partial charge in [-0.25, -0.2) is 13.8 Å². The number of aryl methyl sites for hydroxylation is 1. The van der Waals surface area contributed by atoms with Crippen molar-refractivity contribution in [3.8, 4) is 0 Å². The topological polar surface area (TPSA) is 81.1 Å². The Bertz CT molecular complexity index is 1130. The minimum Gasteiger partial charge on any atom is -0.393 e. The van der Waals surface area contributed by atoms with E-state index in [-0.39, 0.29) is 17.9 Å². The van der Waals surface area contributed by atoms with Crippen LogP contribution in [0.2, 0.25) is 0 Å². The first-order valence-electron chi connectivity index (χ1n) is 11.3. The van der Waals surface area contributed by atoms with Gasteiger partial charge < -0.3 is 15.5 Å². The van der Waals surface area contributed by atoms with Gasteiger partial charge in [0.05, 0.1) is 18.2 Å². The first-order valence-corrected chi connectivity index (χ1v) is 11.3. The SMILES string of the molecule is CN/C=C(\C(=N)C(=O)N1CC(F)(F)C[C@@H](C)C1CNc1ccc(C(F)(F)F)cn1)c1cccc(C)c1. The third kappa shape index (κ3) is 6.38. The molecule has 36 heavy (non-hydrogen) atoms. The fraction of sp³-hybridized carbons (Fsp3) is 0.400. The molecule has 1 aliphatic heterocycles. The van der Waals surface area contributed by atoms with E-state index in [2.05, 4.69) is 15.6 Å². The molecular formula is C25H28F5N5O. The molecule has 0 radical (unpaired) electrons. The fourth-order valence-corrected chi connectivity index (χ4v) is 4.27. The van der Waals surface area contributed by atoms with E-state index in [1.54, 1.807) is 32.2 Å². The van der Waals surface area contributed by atoms with E-state index in [9.17, 15) is 26.7 Å². The van der Waals surface area contributed by atoms with E-state index < -0.39 is 54.2 Å². The minimum absolute atomic E-state index is 0.0237. The predicted octanol–water partition coefficient (Wildman–Crippen LogP) is 4.97. The Hall–Kier alpha value is -3.50. The van der Waals surface area contributed by atoms with E-state index in [0.29, 0.717) is 11.8 Å². The maximum Gasteiger partial charge on any atom is 0.417 e. The highest BCUT2D eigenvalue weighted by atomic mass is 19.4. The highest BCUT2D eigenvalue weighted by Gasteiger charge is 2.46. The van der Waals surface area contributed by atoms with Crippen LogP contribution in [0.1, 0.15) is 30.0 Å². The lowest BCUT2D eigenvalue weighted by Gasteiger charge is -2.43. The lowest BCUT2D eigenvalue weighted by Crippen LogP contribution is -2.58. The number of likely N-dealkylation sites (tertiary alicyclic amines) is 1. The maximum absolute atomic E-state index is 14.5. The van der Waals surface area contributed by atoms with E-state index in [1.807, 2.05) is 13.0 Å². The van der Waals surface area contributed by atoms with Gasteiger partial charge in [-0.3, -0.25) is 10.2 Å². The van der Waals surface area contributed by atoms with E-state index in [4.69, 9.17) is 5.41 Å². The van der Waals surface area contributed by atoms with Crippen molar-refractivity contribution >= 4 is 23.0 Å². The zero-order valence-electron chi connectivity index (χ0n) is 20.1. The van der Waals surface area contributed by atoms with Gasteiger partial charge in [-0.15, -0.1) is 0 Å². The molecule has 1 aromatic heterocycles. The molecule has 0 aliphatic carbocycles. The molecule has 1 aliphatic rings. The van der Waals surface area contributed by atoms with Gasteiger partial charge in [-0.05, 0) is 30.5 Å². The highest BCUT2D eigenvalue weighted by Crippen LogP contribution is 2.35. The number of nitrogens with one attached hydrogen (secondary N) is 3. The molecule has 2 heterocycles. The monoisotopic (exact) mass is 509 g/mol. The molecule has 2 aromatic rings. The lowest BCUT2D eigenvalue weighted by atomic mass is 9.87. The summed E-state index contributed by atoms with van der Waals surface area (Å²) in [6.07, 6.45) is -2.85. The van der Waals surface area contributed by atoms with Crippen LogP contribution in [-0.4, -0.2) is 53.6 Å². The molecule has 194 valence electrons. The number of benzene rings is 1. The van der Waals surface area contributed by atoms with Gasteiger partial charge in [0.25, 0.3) is 11.8 Å². The number of hydrogen-bond donors (Lipinski definition) is 3. The summed E-state index contributed by atoms with van der Waals surface area (Å²) in [7, 11) is 1.61. The first-order chi connectivity index (χ1) is 16.8. The standard InChI is InChI=1S/C25H28F5N5O/c1-15-5-4-6-17(9-15)19(12-32-3)22(31)23(36)35-14-24(26,27)10-16(2)20(35)13-34-21-8-7-18(11-33-21)25(28,29)30/h4-9,11-12,16,20,31-32H,10,13-14H2,1-3H3,(H,33,34)/b19-12-,31-22?/t16-,20?/m1/s1. The van der Waals surface area contributed by atoms with Gasteiger partial charge >= 0.3 is 6.18 Å². The summed E-state index contributed by atoms with van der Waals surface area (Å²) in [5, 5.41) is 14.2. The molecule has 2 atom stereocenters. The van der Waals surface area contributed by atoms with Crippen LogP contribution in [-0.2, 0) is 11.0 Å². The first kappa shape index (κ1) is 27.1. The Kier molecular flexibility index (Phi) is 8.00. The van der Waals surface area contributed by atoms with Crippen LogP contribution in [0.15, 0.2) is 48.8 Å². The molecule has 6 nitrogen and oxygen atoms in total. The number of carbonyl (C=O) groups is 1. The van der Waals surface area contributed by atoms with E-state index in [0.717, 1.165) is 22.6 Å². The number of nitrogens with zero attached hydrogens (tertiary/aromatic N) is 2. The normalized spacial score (nSPS) is 20.1.